The topological polar surface area (TPSA) is 84.2 Å². The molecule has 7 nitrogen and oxygen atoms in total. The fraction of sp³-hybridized carbons (Fsp3) is 0.133. The summed E-state index contributed by atoms with van der Waals surface area (Å²) >= 11 is 1.34. The smallest absolute Gasteiger partial charge is 0.253 e. The average molecular weight is 521 g/mol. The molecule has 4 aromatic carbocycles. The van der Waals surface area contributed by atoms with Gasteiger partial charge in [-0.15, -0.1) is 10.2 Å². The molecule has 0 spiro atoms. The van der Waals surface area contributed by atoms with Crippen molar-refractivity contribution in [3.63, 3.8) is 0 Å². The normalized spacial score (nSPS) is 12.1. The van der Waals surface area contributed by atoms with Crippen molar-refractivity contribution in [2.75, 3.05) is 5.32 Å². The minimum absolute atomic E-state index is 0.212. The molecule has 190 valence electrons. The van der Waals surface area contributed by atoms with Crippen LogP contribution in [-0.4, -0.2) is 32.1 Å². The first-order valence-electron chi connectivity index (χ1n) is 12.4. The largest absolute Gasteiger partial charge is 0.377 e. The Morgan fingerprint density at radius 2 is 1.68 bits per heavy atom. The van der Waals surface area contributed by atoms with Crippen LogP contribution < -0.4 is 10.7 Å². The number of hydrogen-bond acceptors (Lipinski definition) is 6. The Balaban J connectivity index is 1.32. The lowest BCUT2D eigenvalue weighted by molar-refractivity contribution is -0.120. The van der Waals surface area contributed by atoms with Gasteiger partial charge in [0.1, 0.15) is 0 Å². The van der Waals surface area contributed by atoms with Crippen LogP contribution in [0.3, 0.4) is 0 Å². The molecule has 0 aliphatic heterocycles. The number of aryl methyl sites for hydroxylation is 1. The molecule has 8 heteroatoms. The van der Waals surface area contributed by atoms with Crippen molar-refractivity contribution in [1.82, 2.24) is 20.2 Å². The molecule has 1 atom stereocenters. The number of nitrogens with one attached hydrogen (secondary N) is 2. The summed E-state index contributed by atoms with van der Waals surface area (Å²) in [4.78, 5) is 12.8. The van der Waals surface area contributed by atoms with Crippen molar-refractivity contribution in [3.8, 4) is 5.69 Å². The molecular weight excluding hydrogens is 492 g/mol. The number of hydrazone groups is 1. The molecule has 1 unspecified atom stereocenters. The first kappa shape index (κ1) is 25.2. The number of fused-ring (bicyclic) bond motifs is 1. The van der Waals surface area contributed by atoms with Gasteiger partial charge < -0.3 is 5.32 Å². The van der Waals surface area contributed by atoms with Crippen LogP contribution in [-0.2, 0) is 11.3 Å². The molecule has 5 rings (SSSR count). The zero-order chi connectivity index (χ0) is 26.3. The van der Waals surface area contributed by atoms with Crippen molar-refractivity contribution >= 4 is 40.3 Å². The number of hydrogen-bond donors (Lipinski definition) is 2. The molecule has 0 aliphatic rings. The molecule has 0 radical (unpaired) electrons. The van der Waals surface area contributed by atoms with E-state index >= 15 is 0 Å². The highest BCUT2D eigenvalue weighted by atomic mass is 32.2. The Labute approximate surface area is 226 Å². The van der Waals surface area contributed by atoms with Crippen molar-refractivity contribution in [2.24, 2.45) is 5.10 Å². The van der Waals surface area contributed by atoms with E-state index in [0.29, 0.717) is 11.7 Å². The first-order chi connectivity index (χ1) is 18.6. The summed E-state index contributed by atoms with van der Waals surface area (Å²) in [6, 6.07) is 32.3. The number of benzene rings is 4. The predicted octanol–water partition coefficient (Wildman–Crippen LogP) is 5.97. The van der Waals surface area contributed by atoms with Crippen LogP contribution in [0.1, 0.15) is 23.9 Å². The van der Waals surface area contributed by atoms with Crippen molar-refractivity contribution < 1.29 is 4.79 Å². The minimum atomic E-state index is -0.435. The Bertz CT molecular complexity index is 1560. The second kappa shape index (κ2) is 11.7. The third-order valence-corrected chi connectivity index (χ3v) is 7.10. The van der Waals surface area contributed by atoms with Gasteiger partial charge in [0.15, 0.2) is 11.0 Å². The molecule has 38 heavy (non-hydrogen) atoms. The maximum absolute atomic E-state index is 12.8. The number of para-hydroxylation sites is 1. The molecule has 0 aliphatic carbocycles. The van der Waals surface area contributed by atoms with Crippen LogP contribution >= 0.6 is 11.8 Å². The van der Waals surface area contributed by atoms with Crippen LogP contribution in [0.5, 0.6) is 0 Å². The molecule has 0 saturated carbocycles. The zero-order valence-corrected chi connectivity index (χ0v) is 22.0. The minimum Gasteiger partial charge on any atom is -0.377 e. The van der Waals surface area contributed by atoms with Crippen LogP contribution in [0.15, 0.2) is 107 Å². The molecule has 0 fully saturated rings. The highest BCUT2D eigenvalue weighted by molar-refractivity contribution is 8.00. The average Bonchev–Trinajstić information content (AvgIpc) is 3.35. The van der Waals surface area contributed by atoms with Gasteiger partial charge in [0.2, 0.25) is 0 Å². The Kier molecular flexibility index (Phi) is 7.80. The fourth-order valence-corrected chi connectivity index (χ4v) is 4.89. The Morgan fingerprint density at radius 3 is 2.50 bits per heavy atom. The Morgan fingerprint density at radius 1 is 0.947 bits per heavy atom. The molecule has 1 amide bonds. The maximum atomic E-state index is 12.8. The van der Waals surface area contributed by atoms with Crippen molar-refractivity contribution in [1.29, 1.82) is 0 Å². The SMILES string of the molecule is Cc1ccc(/C=N/NC(=O)C(C)Sc2nnc(CNc3cccc4ccccc34)n2-c2ccccc2)cc1. The number of carbonyl (C=O) groups excluding carboxylic acids is 1. The van der Waals surface area contributed by atoms with Crippen LogP contribution in [0, 0.1) is 6.92 Å². The quantitative estimate of drug-likeness (QED) is 0.142. The van der Waals surface area contributed by atoms with Crippen LogP contribution in [0.25, 0.3) is 16.5 Å². The molecule has 2 N–H and O–H groups in total. The summed E-state index contributed by atoms with van der Waals surface area (Å²) in [7, 11) is 0. The third kappa shape index (κ3) is 5.92. The molecule has 1 heterocycles. The summed E-state index contributed by atoms with van der Waals surface area (Å²) in [6.45, 7) is 4.33. The van der Waals surface area contributed by atoms with Gasteiger partial charge in [0.05, 0.1) is 18.0 Å². The summed E-state index contributed by atoms with van der Waals surface area (Å²) in [6.07, 6.45) is 1.64. The summed E-state index contributed by atoms with van der Waals surface area (Å²) in [5.41, 5.74) is 6.68. The molecule has 1 aromatic heterocycles. The first-order valence-corrected chi connectivity index (χ1v) is 13.2. The summed E-state index contributed by atoms with van der Waals surface area (Å²) in [5, 5.41) is 19.1. The van der Waals surface area contributed by atoms with E-state index in [1.807, 2.05) is 91.2 Å². The molecule has 0 bridgehead atoms. The fourth-order valence-electron chi connectivity index (χ4n) is 4.01. The second-order valence-corrected chi connectivity index (χ2v) is 10.2. The number of rotatable bonds is 9. The lowest BCUT2D eigenvalue weighted by atomic mass is 10.1. The van der Waals surface area contributed by atoms with E-state index < -0.39 is 5.25 Å². The van der Waals surface area contributed by atoms with Gasteiger partial charge in [-0.2, -0.15) is 5.10 Å². The van der Waals surface area contributed by atoms with E-state index in [0.717, 1.165) is 28.1 Å². The van der Waals surface area contributed by atoms with Crippen molar-refractivity contribution in [3.05, 3.63) is 114 Å². The van der Waals surface area contributed by atoms with E-state index in [2.05, 4.69) is 50.3 Å². The summed E-state index contributed by atoms with van der Waals surface area (Å²) in [5.74, 6) is 0.535. The van der Waals surface area contributed by atoms with Gasteiger partial charge in [0.25, 0.3) is 5.91 Å². The monoisotopic (exact) mass is 520 g/mol. The van der Waals surface area contributed by atoms with Gasteiger partial charge in [-0.25, -0.2) is 5.43 Å². The standard InChI is InChI=1S/C30H28N6OS/c1-21-15-17-23(18-16-21)19-32-34-29(37)22(2)38-30-35-33-28(36(30)25-11-4-3-5-12-25)20-31-27-14-8-10-24-9-6-7-13-26(24)27/h3-19,22,31H,20H2,1-2H3,(H,34,37)/b32-19+. The maximum Gasteiger partial charge on any atom is 0.253 e. The number of amides is 1. The van der Waals surface area contributed by atoms with Crippen LogP contribution in [0.4, 0.5) is 5.69 Å². The lowest BCUT2D eigenvalue weighted by Crippen LogP contribution is -2.27. The number of aromatic nitrogens is 3. The van der Waals surface area contributed by atoms with E-state index in [9.17, 15) is 4.79 Å². The number of anilines is 1. The highest BCUT2D eigenvalue weighted by Gasteiger charge is 2.21. The molecule has 5 aromatic rings. The van der Waals surface area contributed by atoms with E-state index in [4.69, 9.17) is 0 Å². The van der Waals surface area contributed by atoms with Crippen molar-refractivity contribution in [2.45, 2.75) is 30.8 Å². The number of nitrogens with zero attached hydrogens (tertiary/aromatic N) is 4. The van der Waals surface area contributed by atoms with E-state index in [-0.39, 0.29) is 5.91 Å². The van der Waals surface area contributed by atoms with Gasteiger partial charge in [-0.05, 0) is 43.0 Å². The molecular formula is C30H28N6OS. The second-order valence-electron chi connectivity index (χ2n) is 8.86. The van der Waals surface area contributed by atoms with E-state index in [1.165, 1.54) is 22.7 Å². The third-order valence-electron chi connectivity index (χ3n) is 6.06. The van der Waals surface area contributed by atoms with Gasteiger partial charge in [0, 0.05) is 16.8 Å². The zero-order valence-electron chi connectivity index (χ0n) is 21.2. The van der Waals surface area contributed by atoms with E-state index in [1.54, 1.807) is 6.21 Å². The number of thioether (sulfide) groups is 1. The van der Waals surface area contributed by atoms with Gasteiger partial charge in [-0.1, -0.05) is 96.2 Å². The Hall–Kier alpha value is -4.43. The lowest BCUT2D eigenvalue weighted by Gasteiger charge is -2.14. The predicted molar refractivity (Wildman–Crippen MR) is 155 cm³/mol. The molecule has 0 saturated heterocycles. The summed E-state index contributed by atoms with van der Waals surface area (Å²) < 4.78 is 1.99. The number of carbonyl (C=O) groups is 1. The van der Waals surface area contributed by atoms with Crippen LogP contribution in [0.2, 0.25) is 0 Å². The van der Waals surface area contributed by atoms with Gasteiger partial charge >= 0.3 is 0 Å². The highest BCUT2D eigenvalue weighted by Crippen LogP contribution is 2.27. The van der Waals surface area contributed by atoms with Gasteiger partial charge in [-0.3, -0.25) is 9.36 Å².